The number of hydrogen-bond acceptors (Lipinski definition) is 2. The van der Waals surface area contributed by atoms with Crippen LogP contribution < -0.4 is 10.1 Å². The van der Waals surface area contributed by atoms with Gasteiger partial charge in [-0.3, -0.25) is 0 Å². The third-order valence-corrected chi connectivity index (χ3v) is 2.68. The van der Waals surface area contributed by atoms with E-state index in [-0.39, 0.29) is 5.82 Å². The zero-order valence-electron chi connectivity index (χ0n) is 10.3. The van der Waals surface area contributed by atoms with E-state index in [0.29, 0.717) is 12.4 Å². The molecule has 2 aromatic rings. The van der Waals surface area contributed by atoms with Crippen molar-refractivity contribution in [3.05, 3.63) is 65.5 Å². The van der Waals surface area contributed by atoms with Gasteiger partial charge in [0, 0.05) is 12.6 Å². The van der Waals surface area contributed by atoms with Crippen molar-refractivity contribution in [2.45, 2.75) is 13.2 Å². The fourth-order valence-corrected chi connectivity index (χ4v) is 1.78. The van der Waals surface area contributed by atoms with Crippen LogP contribution in [-0.4, -0.2) is 7.05 Å². The Morgan fingerprint density at radius 2 is 1.83 bits per heavy atom. The van der Waals surface area contributed by atoms with Gasteiger partial charge in [0.2, 0.25) is 0 Å². The smallest absolute Gasteiger partial charge is 0.126 e. The van der Waals surface area contributed by atoms with Crippen molar-refractivity contribution in [2.24, 2.45) is 0 Å². The third-order valence-electron chi connectivity index (χ3n) is 2.68. The summed E-state index contributed by atoms with van der Waals surface area (Å²) < 4.78 is 18.6. The molecule has 18 heavy (non-hydrogen) atoms. The molecule has 2 rings (SSSR count). The van der Waals surface area contributed by atoms with E-state index in [2.05, 4.69) is 11.4 Å². The maximum Gasteiger partial charge on any atom is 0.126 e. The fraction of sp³-hybridized carbons (Fsp3) is 0.200. The summed E-state index contributed by atoms with van der Waals surface area (Å²) >= 11 is 0. The predicted molar refractivity (Wildman–Crippen MR) is 69.9 cm³/mol. The van der Waals surface area contributed by atoms with E-state index >= 15 is 0 Å². The van der Waals surface area contributed by atoms with Gasteiger partial charge in [-0.05, 0) is 30.3 Å². The molecule has 0 aliphatic carbocycles. The maximum absolute atomic E-state index is 13.0. The molecule has 0 aliphatic rings. The van der Waals surface area contributed by atoms with Gasteiger partial charge in [-0.25, -0.2) is 4.39 Å². The number of halogens is 1. The minimum Gasteiger partial charge on any atom is -0.489 e. The molecule has 0 saturated heterocycles. The van der Waals surface area contributed by atoms with Gasteiger partial charge in [0.1, 0.15) is 18.2 Å². The Morgan fingerprint density at radius 1 is 1.06 bits per heavy atom. The Balaban J connectivity index is 2.06. The number of nitrogens with one attached hydrogen (secondary N) is 1. The van der Waals surface area contributed by atoms with Gasteiger partial charge < -0.3 is 10.1 Å². The second kappa shape index (κ2) is 6.17. The summed E-state index contributed by atoms with van der Waals surface area (Å²) in [4.78, 5) is 0. The van der Waals surface area contributed by atoms with Gasteiger partial charge in [0.05, 0.1) is 0 Å². The Morgan fingerprint density at radius 3 is 2.56 bits per heavy atom. The first-order valence-corrected chi connectivity index (χ1v) is 5.89. The molecular weight excluding hydrogens is 229 g/mol. The molecule has 0 aliphatic heterocycles. The highest BCUT2D eigenvalue weighted by Gasteiger charge is 2.02. The van der Waals surface area contributed by atoms with Gasteiger partial charge in [-0.15, -0.1) is 0 Å². The van der Waals surface area contributed by atoms with E-state index in [9.17, 15) is 4.39 Å². The molecule has 0 fully saturated rings. The van der Waals surface area contributed by atoms with Crippen LogP contribution in [0.1, 0.15) is 11.1 Å². The van der Waals surface area contributed by atoms with Crippen molar-refractivity contribution < 1.29 is 9.13 Å². The van der Waals surface area contributed by atoms with E-state index in [4.69, 9.17) is 4.74 Å². The predicted octanol–water partition coefficient (Wildman–Crippen LogP) is 3.12. The summed E-state index contributed by atoms with van der Waals surface area (Å²) in [5.74, 6) is 0.269. The van der Waals surface area contributed by atoms with Crippen LogP contribution in [0.3, 0.4) is 0 Å². The summed E-state index contributed by atoms with van der Waals surface area (Å²) in [7, 11) is 1.91. The molecule has 0 bridgehead atoms. The molecule has 0 atom stereocenters. The van der Waals surface area contributed by atoms with Crippen molar-refractivity contribution in [1.82, 2.24) is 5.32 Å². The van der Waals surface area contributed by atoms with Crippen molar-refractivity contribution in [2.75, 3.05) is 7.05 Å². The summed E-state index contributed by atoms with van der Waals surface area (Å²) in [6.07, 6.45) is 0. The molecule has 2 nitrogen and oxygen atoms in total. The zero-order chi connectivity index (χ0) is 12.8. The average Bonchev–Trinajstić information content (AvgIpc) is 2.38. The van der Waals surface area contributed by atoms with Crippen LogP contribution in [-0.2, 0) is 13.2 Å². The summed E-state index contributed by atoms with van der Waals surface area (Å²) in [6, 6.07) is 14.2. The number of rotatable bonds is 5. The van der Waals surface area contributed by atoms with Gasteiger partial charge >= 0.3 is 0 Å². The standard InChI is InChI=1S/C15H16FNO/c1-17-10-12-5-2-3-6-13(12)11-18-15-8-4-7-14(16)9-15/h2-9,17H,10-11H2,1H3. The van der Waals surface area contributed by atoms with Crippen molar-refractivity contribution >= 4 is 0 Å². The van der Waals surface area contributed by atoms with E-state index in [1.807, 2.05) is 25.2 Å². The Bertz CT molecular complexity index is 513. The summed E-state index contributed by atoms with van der Waals surface area (Å²) in [5, 5.41) is 3.12. The van der Waals surface area contributed by atoms with Gasteiger partial charge in [-0.2, -0.15) is 0 Å². The highest BCUT2D eigenvalue weighted by molar-refractivity contribution is 5.28. The maximum atomic E-state index is 13.0. The lowest BCUT2D eigenvalue weighted by Gasteiger charge is -2.10. The number of ether oxygens (including phenoxy) is 1. The Kier molecular flexibility index (Phi) is 4.31. The van der Waals surface area contributed by atoms with Crippen LogP contribution in [0.5, 0.6) is 5.75 Å². The van der Waals surface area contributed by atoms with Crippen LogP contribution >= 0.6 is 0 Å². The summed E-state index contributed by atoms with van der Waals surface area (Å²) in [6.45, 7) is 1.24. The second-order valence-corrected chi connectivity index (χ2v) is 4.05. The molecular formula is C15H16FNO. The topological polar surface area (TPSA) is 21.3 Å². The minimum absolute atomic E-state index is 0.281. The van der Waals surface area contributed by atoms with E-state index in [1.165, 1.54) is 17.7 Å². The van der Waals surface area contributed by atoms with Crippen LogP contribution in [0.15, 0.2) is 48.5 Å². The van der Waals surface area contributed by atoms with Crippen LogP contribution in [0.4, 0.5) is 4.39 Å². The highest BCUT2D eigenvalue weighted by Crippen LogP contribution is 2.16. The second-order valence-electron chi connectivity index (χ2n) is 4.05. The van der Waals surface area contributed by atoms with Crippen molar-refractivity contribution in [1.29, 1.82) is 0 Å². The molecule has 0 unspecified atom stereocenters. The SMILES string of the molecule is CNCc1ccccc1COc1cccc(F)c1. The van der Waals surface area contributed by atoms with Gasteiger partial charge in [-0.1, -0.05) is 30.3 Å². The van der Waals surface area contributed by atoms with E-state index in [1.54, 1.807) is 12.1 Å². The number of hydrogen-bond donors (Lipinski definition) is 1. The lowest BCUT2D eigenvalue weighted by atomic mass is 10.1. The van der Waals surface area contributed by atoms with Crippen molar-refractivity contribution in [3.8, 4) is 5.75 Å². The number of benzene rings is 2. The van der Waals surface area contributed by atoms with Crippen LogP contribution in [0.2, 0.25) is 0 Å². The average molecular weight is 245 g/mol. The first kappa shape index (κ1) is 12.6. The molecule has 2 aromatic carbocycles. The summed E-state index contributed by atoms with van der Waals surface area (Å²) in [5.41, 5.74) is 2.30. The first-order valence-electron chi connectivity index (χ1n) is 5.89. The first-order chi connectivity index (χ1) is 8.79. The van der Waals surface area contributed by atoms with E-state index in [0.717, 1.165) is 12.1 Å². The molecule has 1 N–H and O–H groups in total. The third kappa shape index (κ3) is 3.31. The molecule has 94 valence electrons. The molecule has 0 radical (unpaired) electrons. The Labute approximate surface area is 106 Å². The molecule has 0 amide bonds. The molecule has 0 saturated carbocycles. The fourth-order valence-electron chi connectivity index (χ4n) is 1.78. The normalized spacial score (nSPS) is 10.3. The minimum atomic E-state index is -0.281. The zero-order valence-corrected chi connectivity index (χ0v) is 10.3. The van der Waals surface area contributed by atoms with E-state index < -0.39 is 0 Å². The van der Waals surface area contributed by atoms with Gasteiger partial charge in [0.25, 0.3) is 0 Å². The molecule has 0 heterocycles. The van der Waals surface area contributed by atoms with Crippen LogP contribution in [0, 0.1) is 5.82 Å². The highest BCUT2D eigenvalue weighted by atomic mass is 19.1. The van der Waals surface area contributed by atoms with Crippen LogP contribution in [0.25, 0.3) is 0 Å². The largest absolute Gasteiger partial charge is 0.489 e. The lowest BCUT2D eigenvalue weighted by molar-refractivity contribution is 0.303. The Hall–Kier alpha value is -1.87. The molecule has 3 heteroatoms. The van der Waals surface area contributed by atoms with Crippen molar-refractivity contribution in [3.63, 3.8) is 0 Å². The monoisotopic (exact) mass is 245 g/mol. The molecule has 0 aromatic heterocycles. The van der Waals surface area contributed by atoms with Gasteiger partial charge in [0.15, 0.2) is 0 Å². The lowest BCUT2D eigenvalue weighted by Crippen LogP contribution is -2.09. The molecule has 0 spiro atoms. The quantitative estimate of drug-likeness (QED) is 0.873.